The van der Waals surface area contributed by atoms with Gasteiger partial charge in [-0.2, -0.15) is 8.42 Å². The fraction of sp³-hybridized carbons (Fsp3) is 0.250. The van der Waals surface area contributed by atoms with Gasteiger partial charge in [0.1, 0.15) is 15.8 Å². The van der Waals surface area contributed by atoms with Crippen molar-refractivity contribution < 1.29 is 17.4 Å². The first-order chi connectivity index (χ1) is 14.7. The van der Waals surface area contributed by atoms with E-state index < -0.39 is 24.7 Å². The molecule has 1 fully saturated rings. The van der Waals surface area contributed by atoms with E-state index in [-0.39, 0.29) is 11.0 Å². The number of hydrogen-bond acceptors (Lipinski definition) is 4. The molecule has 0 saturated carbocycles. The molecule has 0 bridgehead atoms. The number of benzene rings is 3. The average molecular weight is 456 g/mol. The summed E-state index contributed by atoms with van der Waals surface area (Å²) in [4.78, 5) is -0.803. The van der Waals surface area contributed by atoms with Crippen LogP contribution in [0.25, 0.3) is 0 Å². The fourth-order valence-electron chi connectivity index (χ4n) is 3.60. The van der Waals surface area contributed by atoms with Crippen LogP contribution in [-0.4, -0.2) is 23.7 Å². The molecule has 7 heteroatoms. The van der Waals surface area contributed by atoms with Gasteiger partial charge in [-0.25, -0.2) is 4.21 Å². The third-order valence-electron chi connectivity index (χ3n) is 5.58. The van der Waals surface area contributed by atoms with Crippen molar-refractivity contribution in [2.24, 2.45) is 3.77 Å². The zero-order valence-corrected chi connectivity index (χ0v) is 19.1. The van der Waals surface area contributed by atoms with E-state index in [0.717, 1.165) is 17.5 Å². The maximum atomic E-state index is 14.3. The summed E-state index contributed by atoms with van der Waals surface area (Å²) in [6.45, 7) is 3.57. The minimum absolute atomic E-state index is 0.0202. The van der Waals surface area contributed by atoms with E-state index in [1.165, 1.54) is 12.1 Å². The first-order valence-corrected chi connectivity index (χ1v) is 13.1. The minimum atomic E-state index is -4.15. The molecule has 0 spiro atoms. The topological polar surface area (TPSA) is 76.1 Å². The predicted molar refractivity (Wildman–Crippen MR) is 122 cm³/mol. The Bertz CT molecular complexity index is 1280. The molecule has 1 aliphatic heterocycles. The Balaban J connectivity index is 1.72. The Morgan fingerprint density at radius 3 is 2.03 bits per heavy atom. The van der Waals surface area contributed by atoms with Crippen LogP contribution in [-0.2, 0) is 30.9 Å². The summed E-state index contributed by atoms with van der Waals surface area (Å²) in [6, 6.07) is 24.9. The van der Waals surface area contributed by atoms with Crippen LogP contribution in [0.5, 0.6) is 0 Å². The second-order valence-electron chi connectivity index (χ2n) is 7.85. The molecular weight excluding hydrogens is 430 g/mol. The average Bonchev–Trinajstić information content (AvgIpc) is 3.45. The highest BCUT2D eigenvalue weighted by Crippen LogP contribution is 2.48. The van der Waals surface area contributed by atoms with Crippen LogP contribution >= 0.6 is 0 Å². The lowest BCUT2D eigenvalue weighted by molar-refractivity contribution is 0.353. The van der Waals surface area contributed by atoms with Crippen molar-refractivity contribution in [2.45, 2.75) is 47.5 Å². The number of hydrogen-bond donors (Lipinski definition) is 0. The SMILES string of the molecule is Cc1ccc(S(=O)(=O)N=[S@](=O)(c2ccccc2)[C@@]2(C)O[C@H]2CCc2ccccc2)cc1. The van der Waals surface area contributed by atoms with E-state index >= 15 is 0 Å². The summed E-state index contributed by atoms with van der Waals surface area (Å²) in [5, 5.41) is 0. The van der Waals surface area contributed by atoms with Crippen molar-refractivity contribution in [1.82, 2.24) is 0 Å². The van der Waals surface area contributed by atoms with E-state index in [2.05, 4.69) is 3.77 Å². The lowest BCUT2D eigenvalue weighted by atomic mass is 10.1. The zero-order chi connectivity index (χ0) is 22.1. The van der Waals surface area contributed by atoms with Crippen molar-refractivity contribution in [3.05, 3.63) is 96.1 Å². The molecule has 31 heavy (non-hydrogen) atoms. The molecule has 0 radical (unpaired) electrons. The van der Waals surface area contributed by atoms with Gasteiger partial charge in [-0.15, -0.1) is 0 Å². The summed E-state index contributed by atoms with van der Waals surface area (Å²) >= 11 is 0. The van der Waals surface area contributed by atoms with Gasteiger partial charge in [0.05, 0.1) is 9.79 Å². The molecule has 1 aliphatic rings. The molecule has 162 valence electrons. The van der Waals surface area contributed by atoms with E-state index in [0.29, 0.717) is 11.3 Å². The Morgan fingerprint density at radius 1 is 0.839 bits per heavy atom. The van der Waals surface area contributed by atoms with Crippen LogP contribution in [0, 0.1) is 6.92 Å². The van der Waals surface area contributed by atoms with Gasteiger partial charge < -0.3 is 4.74 Å². The second-order valence-corrected chi connectivity index (χ2v) is 12.2. The quantitative estimate of drug-likeness (QED) is 0.472. The molecule has 3 aromatic carbocycles. The summed E-state index contributed by atoms with van der Waals surface area (Å²) in [7, 11) is -7.57. The smallest absolute Gasteiger partial charge is 0.290 e. The third-order valence-corrected chi connectivity index (χ3v) is 10.4. The molecule has 1 heterocycles. The summed E-state index contributed by atoms with van der Waals surface area (Å²) < 4.78 is 50.4. The lowest BCUT2D eigenvalue weighted by Crippen LogP contribution is -2.25. The molecule has 4 rings (SSSR count). The summed E-state index contributed by atoms with van der Waals surface area (Å²) in [5.74, 6) is 0. The molecule has 1 saturated heterocycles. The first-order valence-electron chi connectivity index (χ1n) is 10.1. The predicted octanol–water partition coefficient (Wildman–Crippen LogP) is 4.96. The molecule has 3 atom stereocenters. The number of epoxide rings is 1. The van der Waals surface area contributed by atoms with Gasteiger partial charge in [0, 0.05) is 0 Å². The third kappa shape index (κ3) is 4.31. The standard InChI is InChI=1S/C24H25NO4S2/c1-19-13-16-22(17-14-19)31(27,28)25-30(26,21-11-7-4-8-12-21)24(2)23(29-24)18-15-20-9-5-3-6-10-20/h3-14,16-17,23H,15,18H2,1-2H3/t23-,24+,30-/m0/s1. The van der Waals surface area contributed by atoms with Crippen LogP contribution in [0.1, 0.15) is 24.5 Å². The highest BCUT2D eigenvalue weighted by Gasteiger charge is 2.61. The maximum absolute atomic E-state index is 14.3. The molecule has 0 aromatic heterocycles. The van der Waals surface area contributed by atoms with Crippen LogP contribution in [0.15, 0.2) is 98.5 Å². The van der Waals surface area contributed by atoms with Gasteiger partial charge in [-0.05, 0) is 56.5 Å². The molecular formula is C24H25NO4S2. The molecule has 5 nitrogen and oxygen atoms in total. The number of rotatable bonds is 7. The largest absolute Gasteiger partial charge is 0.351 e. The van der Waals surface area contributed by atoms with Gasteiger partial charge in [-0.3, -0.25) is 0 Å². The highest BCUT2D eigenvalue weighted by atomic mass is 32.3. The highest BCUT2D eigenvalue weighted by molar-refractivity contribution is 8.04. The maximum Gasteiger partial charge on any atom is 0.290 e. The van der Waals surface area contributed by atoms with E-state index in [1.54, 1.807) is 49.4 Å². The lowest BCUT2D eigenvalue weighted by Gasteiger charge is -2.15. The van der Waals surface area contributed by atoms with Crippen LogP contribution in [0.4, 0.5) is 0 Å². The molecule has 0 aliphatic carbocycles. The van der Waals surface area contributed by atoms with E-state index in [1.807, 2.05) is 37.3 Å². The van der Waals surface area contributed by atoms with Gasteiger partial charge in [0.2, 0.25) is 0 Å². The molecule has 0 unspecified atom stereocenters. The normalized spacial score (nSPS) is 22.5. The summed E-state index contributed by atoms with van der Waals surface area (Å²) in [6.07, 6.45) is 1.03. The Hall–Kier alpha value is -2.48. The minimum Gasteiger partial charge on any atom is -0.351 e. The number of nitrogens with zero attached hydrogens (tertiary/aromatic N) is 1. The second kappa shape index (κ2) is 8.22. The fourth-order valence-corrected chi connectivity index (χ4v) is 8.18. The number of ether oxygens (including phenoxy) is 1. The van der Waals surface area contributed by atoms with Crippen LogP contribution in [0.2, 0.25) is 0 Å². The van der Waals surface area contributed by atoms with Crippen molar-refractivity contribution >= 4 is 19.8 Å². The van der Waals surface area contributed by atoms with E-state index in [4.69, 9.17) is 4.74 Å². The Morgan fingerprint density at radius 2 is 1.42 bits per heavy atom. The van der Waals surface area contributed by atoms with Gasteiger partial charge in [0.15, 0.2) is 4.93 Å². The van der Waals surface area contributed by atoms with Crippen molar-refractivity contribution in [3.8, 4) is 0 Å². The van der Waals surface area contributed by atoms with E-state index in [9.17, 15) is 12.6 Å². The van der Waals surface area contributed by atoms with Crippen LogP contribution in [0.3, 0.4) is 0 Å². The van der Waals surface area contributed by atoms with Gasteiger partial charge in [-0.1, -0.05) is 70.0 Å². The Kier molecular flexibility index (Phi) is 5.77. The zero-order valence-electron chi connectivity index (χ0n) is 17.5. The number of sulfonamides is 1. The van der Waals surface area contributed by atoms with Crippen molar-refractivity contribution in [2.75, 3.05) is 0 Å². The summed E-state index contributed by atoms with van der Waals surface area (Å²) in [5.41, 5.74) is 2.08. The van der Waals surface area contributed by atoms with Crippen molar-refractivity contribution in [1.29, 1.82) is 0 Å². The monoisotopic (exact) mass is 455 g/mol. The molecule has 0 N–H and O–H groups in total. The van der Waals surface area contributed by atoms with Crippen LogP contribution < -0.4 is 0 Å². The van der Waals surface area contributed by atoms with Crippen molar-refractivity contribution in [3.63, 3.8) is 0 Å². The van der Waals surface area contributed by atoms with Gasteiger partial charge in [0.25, 0.3) is 10.0 Å². The first kappa shape index (κ1) is 21.7. The Labute approximate surface area is 184 Å². The van der Waals surface area contributed by atoms with Gasteiger partial charge >= 0.3 is 0 Å². The molecule has 3 aromatic rings. The number of aryl methyl sites for hydroxylation is 2. The molecule has 0 amide bonds.